The molecule has 1 aliphatic rings. The van der Waals surface area contributed by atoms with Crippen LogP contribution in [0.5, 0.6) is 0 Å². The smallest absolute Gasteiger partial charge is 0.272 e. The van der Waals surface area contributed by atoms with E-state index in [0.717, 1.165) is 25.0 Å². The number of aryl methyl sites for hydroxylation is 2. The van der Waals surface area contributed by atoms with Crippen molar-refractivity contribution in [1.29, 1.82) is 0 Å². The van der Waals surface area contributed by atoms with Crippen molar-refractivity contribution in [1.82, 2.24) is 24.5 Å². The molecule has 0 N–H and O–H groups in total. The van der Waals surface area contributed by atoms with Crippen molar-refractivity contribution in [3.8, 4) is 0 Å². The van der Waals surface area contributed by atoms with Crippen molar-refractivity contribution in [3.63, 3.8) is 0 Å². The van der Waals surface area contributed by atoms with Gasteiger partial charge in [-0.15, -0.1) is 0 Å². The van der Waals surface area contributed by atoms with E-state index in [-0.39, 0.29) is 12.0 Å². The zero-order chi connectivity index (χ0) is 16.9. The van der Waals surface area contributed by atoms with Gasteiger partial charge in [0.2, 0.25) is 0 Å². The molecule has 2 aromatic rings. The molecule has 0 spiro atoms. The average molecular weight is 331 g/mol. The summed E-state index contributed by atoms with van der Waals surface area (Å²) in [5.74, 6) is 0.0309. The highest BCUT2D eigenvalue weighted by Gasteiger charge is 2.26. The zero-order valence-electron chi connectivity index (χ0n) is 14.4. The van der Waals surface area contributed by atoms with Crippen LogP contribution in [-0.2, 0) is 24.8 Å². The summed E-state index contributed by atoms with van der Waals surface area (Å²) in [6.07, 6.45) is 6.39. The van der Waals surface area contributed by atoms with Gasteiger partial charge in [0.05, 0.1) is 18.3 Å². The maximum atomic E-state index is 12.9. The van der Waals surface area contributed by atoms with Crippen LogP contribution >= 0.6 is 0 Å². The van der Waals surface area contributed by atoms with Crippen molar-refractivity contribution in [2.75, 3.05) is 19.7 Å². The normalized spacial score (nSPS) is 18.6. The summed E-state index contributed by atoms with van der Waals surface area (Å²) >= 11 is 0. The van der Waals surface area contributed by atoms with Gasteiger partial charge in [0.1, 0.15) is 5.69 Å². The molecular formula is C17H25N5O2. The lowest BCUT2D eigenvalue weighted by Gasteiger charge is -2.24. The predicted molar refractivity (Wildman–Crippen MR) is 89.7 cm³/mol. The SMILES string of the molecule is CCCc1cc(C(=O)N2CCCO[C@@H](Cn3cccn3)C2)n(C)n1. The van der Waals surface area contributed by atoms with Crippen molar-refractivity contribution < 1.29 is 9.53 Å². The molecule has 0 aromatic carbocycles. The molecule has 1 saturated heterocycles. The Labute approximate surface area is 142 Å². The lowest BCUT2D eigenvalue weighted by Crippen LogP contribution is -2.39. The number of aromatic nitrogens is 4. The van der Waals surface area contributed by atoms with Crippen molar-refractivity contribution in [3.05, 3.63) is 35.9 Å². The van der Waals surface area contributed by atoms with E-state index in [2.05, 4.69) is 17.1 Å². The average Bonchev–Trinajstić information content (AvgIpc) is 3.12. The number of hydrogen-bond acceptors (Lipinski definition) is 4. The van der Waals surface area contributed by atoms with Crippen LogP contribution in [0, 0.1) is 0 Å². The lowest BCUT2D eigenvalue weighted by molar-refractivity contribution is 0.0364. The van der Waals surface area contributed by atoms with E-state index in [0.29, 0.717) is 31.9 Å². The first-order valence-corrected chi connectivity index (χ1v) is 8.58. The van der Waals surface area contributed by atoms with Crippen molar-refractivity contribution in [2.24, 2.45) is 7.05 Å². The summed E-state index contributed by atoms with van der Waals surface area (Å²) in [6.45, 7) is 4.73. The molecule has 1 amide bonds. The van der Waals surface area contributed by atoms with E-state index < -0.39 is 0 Å². The van der Waals surface area contributed by atoms with E-state index >= 15 is 0 Å². The minimum Gasteiger partial charge on any atom is -0.374 e. The van der Waals surface area contributed by atoms with Crippen LogP contribution in [0.15, 0.2) is 24.5 Å². The van der Waals surface area contributed by atoms with E-state index in [4.69, 9.17) is 4.74 Å². The fourth-order valence-electron chi connectivity index (χ4n) is 3.07. The summed E-state index contributed by atoms with van der Waals surface area (Å²) in [5.41, 5.74) is 1.63. The van der Waals surface area contributed by atoms with E-state index in [1.807, 2.05) is 35.0 Å². The molecule has 0 radical (unpaired) electrons. The molecule has 130 valence electrons. The van der Waals surface area contributed by atoms with Gasteiger partial charge in [0.15, 0.2) is 0 Å². The zero-order valence-corrected chi connectivity index (χ0v) is 14.4. The monoisotopic (exact) mass is 331 g/mol. The Balaban J connectivity index is 1.70. The summed E-state index contributed by atoms with van der Waals surface area (Å²) in [7, 11) is 1.84. The summed E-state index contributed by atoms with van der Waals surface area (Å²) in [5, 5.41) is 8.67. The Morgan fingerprint density at radius 1 is 1.46 bits per heavy atom. The second-order valence-corrected chi connectivity index (χ2v) is 6.22. The van der Waals surface area contributed by atoms with Gasteiger partial charge in [-0.25, -0.2) is 0 Å². The number of carbonyl (C=O) groups is 1. The molecule has 7 heteroatoms. The molecule has 0 unspecified atom stereocenters. The topological polar surface area (TPSA) is 65.2 Å². The van der Waals surface area contributed by atoms with Gasteiger partial charge >= 0.3 is 0 Å². The Morgan fingerprint density at radius 3 is 3.08 bits per heavy atom. The van der Waals surface area contributed by atoms with Crippen LogP contribution in [0.3, 0.4) is 0 Å². The second-order valence-electron chi connectivity index (χ2n) is 6.22. The van der Waals surface area contributed by atoms with Crippen LogP contribution in [0.2, 0.25) is 0 Å². The highest BCUT2D eigenvalue weighted by atomic mass is 16.5. The largest absolute Gasteiger partial charge is 0.374 e. The molecule has 1 atom stereocenters. The van der Waals surface area contributed by atoms with Crippen LogP contribution in [0.4, 0.5) is 0 Å². The van der Waals surface area contributed by atoms with Gasteiger partial charge in [0.25, 0.3) is 5.91 Å². The molecule has 0 bridgehead atoms. The lowest BCUT2D eigenvalue weighted by atomic mass is 10.2. The quantitative estimate of drug-likeness (QED) is 0.833. The van der Waals surface area contributed by atoms with Gasteiger partial charge in [0, 0.05) is 39.1 Å². The molecule has 1 aliphatic heterocycles. The highest BCUT2D eigenvalue weighted by molar-refractivity contribution is 5.92. The van der Waals surface area contributed by atoms with Gasteiger partial charge < -0.3 is 9.64 Å². The Kier molecular flexibility index (Phi) is 5.30. The molecule has 0 aliphatic carbocycles. The number of ether oxygens (including phenoxy) is 1. The third-order valence-electron chi connectivity index (χ3n) is 4.24. The second kappa shape index (κ2) is 7.61. The number of amides is 1. The first kappa shape index (κ1) is 16.7. The number of hydrogen-bond donors (Lipinski definition) is 0. The molecule has 7 nitrogen and oxygen atoms in total. The first-order valence-electron chi connectivity index (χ1n) is 8.58. The van der Waals surface area contributed by atoms with Gasteiger partial charge in [-0.05, 0) is 25.0 Å². The van der Waals surface area contributed by atoms with Crippen molar-refractivity contribution >= 4 is 5.91 Å². The van der Waals surface area contributed by atoms with Gasteiger partial charge in [-0.2, -0.15) is 10.2 Å². The molecule has 3 heterocycles. The minimum atomic E-state index is -0.0420. The van der Waals surface area contributed by atoms with Crippen LogP contribution in [0.1, 0.15) is 35.9 Å². The third kappa shape index (κ3) is 3.84. The summed E-state index contributed by atoms with van der Waals surface area (Å²) < 4.78 is 9.43. The standard InChI is InChI=1S/C17H25N5O2/c1-3-6-14-11-16(20(2)19-14)17(23)21-8-5-10-24-15(12-21)13-22-9-4-7-18-22/h4,7,9,11,15H,3,5-6,8,10,12-13H2,1-2H3/t15-/m1/s1. The van der Waals surface area contributed by atoms with Crippen LogP contribution in [0.25, 0.3) is 0 Å². The molecule has 1 fully saturated rings. The van der Waals surface area contributed by atoms with Crippen LogP contribution < -0.4 is 0 Å². The van der Waals surface area contributed by atoms with Crippen LogP contribution in [-0.4, -0.2) is 56.2 Å². The maximum Gasteiger partial charge on any atom is 0.272 e. The molecule has 3 rings (SSSR count). The Bertz CT molecular complexity index is 665. The third-order valence-corrected chi connectivity index (χ3v) is 4.24. The maximum absolute atomic E-state index is 12.9. The number of nitrogens with zero attached hydrogens (tertiary/aromatic N) is 5. The molecule has 0 saturated carbocycles. The fraction of sp³-hybridized carbons (Fsp3) is 0.588. The minimum absolute atomic E-state index is 0.0309. The highest BCUT2D eigenvalue weighted by Crippen LogP contribution is 2.14. The summed E-state index contributed by atoms with van der Waals surface area (Å²) in [4.78, 5) is 14.8. The molecule has 24 heavy (non-hydrogen) atoms. The van der Waals surface area contributed by atoms with E-state index in [1.165, 1.54) is 0 Å². The van der Waals surface area contributed by atoms with Gasteiger partial charge in [-0.3, -0.25) is 14.2 Å². The fourth-order valence-corrected chi connectivity index (χ4v) is 3.07. The Morgan fingerprint density at radius 2 is 2.33 bits per heavy atom. The predicted octanol–water partition coefficient (Wildman–Crippen LogP) is 1.50. The number of rotatable bonds is 5. The Hall–Kier alpha value is -2.15. The van der Waals surface area contributed by atoms with Crippen molar-refractivity contribution in [2.45, 2.75) is 38.8 Å². The summed E-state index contributed by atoms with van der Waals surface area (Å²) in [6, 6.07) is 3.81. The van der Waals surface area contributed by atoms with E-state index in [9.17, 15) is 4.79 Å². The van der Waals surface area contributed by atoms with Gasteiger partial charge in [-0.1, -0.05) is 13.3 Å². The first-order chi connectivity index (χ1) is 11.7. The molecule has 2 aromatic heterocycles. The number of carbonyl (C=O) groups excluding carboxylic acids is 1. The van der Waals surface area contributed by atoms with E-state index in [1.54, 1.807) is 10.9 Å². The molecular weight excluding hydrogens is 306 g/mol.